The Morgan fingerprint density at radius 2 is 1.72 bits per heavy atom. The molecule has 1 N–H and O–H groups in total. The molecule has 0 aliphatic rings. The minimum Gasteiger partial charge on any atom is -0.496 e. The molecule has 0 saturated heterocycles. The van der Waals surface area contributed by atoms with E-state index in [-0.39, 0.29) is 5.91 Å². The molecule has 0 aliphatic heterocycles. The van der Waals surface area contributed by atoms with E-state index >= 15 is 0 Å². The smallest absolute Gasteiger partial charge is 0.255 e. The summed E-state index contributed by atoms with van der Waals surface area (Å²) in [4.78, 5) is 17.5. The fourth-order valence-corrected chi connectivity index (χ4v) is 4.60. The van der Waals surface area contributed by atoms with E-state index in [0.717, 1.165) is 66.1 Å². The van der Waals surface area contributed by atoms with Gasteiger partial charge < -0.3 is 24.1 Å². The topological polar surface area (TPSA) is 74.6 Å². The van der Waals surface area contributed by atoms with Crippen LogP contribution in [0.15, 0.2) is 72.8 Å². The minimum atomic E-state index is -0.131. The van der Waals surface area contributed by atoms with Crippen molar-refractivity contribution in [1.82, 2.24) is 14.9 Å². The van der Waals surface area contributed by atoms with Crippen molar-refractivity contribution in [2.45, 2.75) is 39.2 Å². The molecule has 1 aromatic heterocycles. The molecule has 0 bridgehead atoms. The maximum absolute atomic E-state index is 12.6. The van der Waals surface area contributed by atoms with Crippen LogP contribution < -0.4 is 19.5 Å². The summed E-state index contributed by atoms with van der Waals surface area (Å²) >= 11 is 0. The average molecular weight is 528 g/mol. The summed E-state index contributed by atoms with van der Waals surface area (Å²) in [5.74, 6) is 2.98. The summed E-state index contributed by atoms with van der Waals surface area (Å²) in [5, 5.41) is 3.01. The lowest BCUT2D eigenvalue weighted by Crippen LogP contribution is -2.25. The van der Waals surface area contributed by atoms with Gasteiger partial charge in [0.1, 0.15) is 11.6 Å². The van der Waals surface area contributed by atoms with E-state index in [1.165, 1.54) is 0 Å². The number of ether oxygens (including phenoxy) is 3. The molecular weight excluding hydrogens is 490 g/mol. The Bertz CT molecular complexity index is 1410. The minimum absolute atomic E-state index is 0.131. The monoisotopic (exact) mass is 527 g/mol. The molecule has 0 fully saturated rings. The molecule has 0 unspecified atom stereocenters. The number of amides is 1. The van der Waals surface area contributed by atoms with Crippen LogP contribution >= 0.6 is 0 Å². The first-order valence-corrected chi connectivity index (χ1v) is 13.4. The molecule has 4 aromatic rings. The van der Waals surface area contributed by atoms with Gasteiger partial charge in [0.05, 0.1) is 37.4 Å². The maximum Gasteiger partial charge on any atom is 0.255 e. The molecule has 0 saturated carbocycles. The first kappa shape index (κ1) is 27.8. The SMILES string of the molecule is C/C=C/c1ccc(OCCCCn2c(CCCNC(=O)c3ccccc3OC)nc3ccccc32)c(OC)c1. The molecule has 3 aromatic carbocycles. The number of imidazole rings is 1. The Morgan fingerprint density at radius 3 is 2.54 bits per heavy atom. The van der Waals surface area contributed by atoms with E-state index in [2.05, 4.69) is 16.0 Å². The van der Waals surface area contributed by atoms with E-state index < -0.39 is 0 Å². The van der Waals surface area contributed by atoms with Crippen LogP contribution in [0.1, 0.15) is 47.9 Å². The zero-order chi connectivity index (χ0) is 27.5. The van der Waals surface area contributed by atoms with Crippen molar-refractivity contribution in [3.05, 3.63) is 89.8 Å². The summed E-state index contributed by atoms with van der Waals surface area (Å²) in [7, 11) is 3.24. The van der Waals surface area contributed by atoms with Gasteiger partial charge in [-0.25, -0.2) is 4.98 Å². The molecule has 7 nitrogen and oxygen atoms in total. The third kappa shape index (κ3) is 7.19. The van der Waals surface area contributed by atoms with Crippen molar-refractivity contribution >= 4 is 23.0 Å². The van der Waals surface area contributed by atoms with Crippen molar-refractivity contribution in [2.75, 3.05) is 27.4 Å². The van der Waals surface area contributed by atoms with Crippen molar-refractivity contribution in [3.8, 4) is 17.2 Å². The number of nitrogens with zero attached hydrogens (tertiary/aromatic N) is 2. The number of allylic oxidation sites excluding steroid dienone is 1. The van der Waals surface area contributed by atoms with Crippen LogP contribution in [0.25, 0.3) is 17.1 Å². The van der Waals surface area contributed by atoms with Crippen LogP contribution in [0.2, 0.25) is 0 Å². The van der Waals surface area contributed by atoms with Crippen molar-refractivity contribution in [2.24, 2.45) is 0 Å². The van der Waals surface area contributed by atoms with Gasteiger partial charge in [-0.2, -0.15) is 0 Å². The van der Waals surface area contributed by atoms with Gasteiger partial charge in [-0.1, -0.05) is 42.5 Å². The van der Waals surface area contributed by atoms with Gasteiger partial charge >= 0.3 is 0 Å². The quantitative estimate of drug-likeness (QED) is 0.195. The lowest BCUT2D eigenvalue weighted by molar-refractivity contribution is 0.0950. The molecule has 1 heterocycles. The first-order valence-electron chi connectivity index (χ1n) is 13.4. The highest BCUT2D eigenvalue weighted by molar-refractivity contribution is 5.96. The Hall–Kier alpha value is -4.26. The fraction of sp³-hybridized carbons (Fsp3) is 0.312. The van der Waals surface area contributed by atoms with Crippen molar-refractivity contribution in [1.29, 1.82) is 0 Å². The van der Waals surface area contributed by atoms with Crippen molar-refractivity contribution in [3.63, 3.8) is 0 Å². The molecule has 7 heteroatoms. The molecular formula is C32H37N3O4. The second-order valence-electron chi connectivity index (χ2n) is 9.19. The number of rotatable bonds is 14. The summed E-state index contributed by atoms with van der Waals surface area (Å²) in [6.45, 7) is 4.01. The third-order valence-electron chi connectivity index (χ3n) is 6.53. The number of para-hydroxylation sites is 3. The summed E-state index contributed by atoms with van der Waals surface area (Å²) < 4.78 is 19.1. The van der Waals surface area contributed by atoms with Gasteiger partial charge in [0, 0.05) is 19.5 Å². The third-order valence-corrected chi connectivity index (χ3v) is 6.53. The number of nitrogens with one attached hydrogen (secondary N) is 1. The van der Waals surface area contributed by atoms with Gasteiger partial charge in [-0.15, -0.1) is 0 Å². The molecule has 0 aliphatic carbocycles. The van der Waals surface area contributed by atoms with E-state index in [9.17, 15) is 4.79 Å². The van der Waals surface area contributed by atoms with Crippen LogP contribution in [-0.2, 0) is 13.0 Å². The fourth-order valence-electron chi connectivity index (χ4n) is 4.60. The van der Waals surface area contributed by atoms with Gasteiger partial charge in [-0.3, -0.25) is 4.79 Å². The number of methoxy groups -OCH3 is 2. The van der Waals surface area contributed by atoms with Gasteiger partial charge in [0.2, 0.25) is 0 Å². The molecule has 1 amide bonds. The van der Waals surface area contributed by atoms with E-state index in [1.807, 2.05) is 67.6 Å². The average Bonchev–Trinajstić information content (AvgIpc) is 3.32. The maximum atomic E-state index is 12.6. The van der Waals surface area contributed by atoms with Crippen LogP contribution in [-0.4, -0.2) is 42.8 Å². The molecule has 0 radical (unpaired) electrons. The molecule has 204 valence electrons. The Labute approximate surface area is 230 Å². The predicted molar refractivity (Wildman–Crippen MR) is 156 cm³/mol. The van der Waals surface area contributed by atoms with Gasteiger partial charge in [-0.05, 0) is 68.1 Å². The summed E-state index contributed by atoms with van der Waals surface area (Å²) in [6, 6.07) is 21.4. The van der Waals surface area contributed by atoms with Crippen LogP contribution in [0.5, 0.6) is 17.2 Å². The normalized spacial score (nSPS) is 11.2. The number of benzene rings is 3. The van der Waals surface area contributed by atoms with E-state index in [1.54, 1.807) is 26.4 Å². The largest absolute Gasteiger partial charge is 0.496 e. The number of hydrogen-bond acceptors (Lipinski definition) is 5. The second kappa shape index (κ2) is 14.0. The predicted octanol–water partition coefficient (Wildman–Crippen LogP) is 6.31. The van der Waals surface area contributed by atoms with E-state index in [0.29, 0.717) is 24.5 Å². The highest BCUT2D eigenvalue weighted by atomic mass is 16.5. The standard InChI is InChI=1S/C32H37N3O4/c1-4-12-24-18-19-29(30(23-24)38-3)39-22-10-9-21-35-27-15-7-6-14-26(27)34-31(35)17-11-20-33-32(36)25-13-5-8-16-28(25)37-2/h4-8,12-16,18-19,23H,9-11,17,20-22H2,1-3H3,(H,33,36)/b12-4+. The van der Waals surface area contributed by atoms with Crippen molar-refractivity contribution < 1.29 is 19.0 Å². The molecule has 0 spiro atoms. The summed E-state index contributed by atoms with van der Waals surface area (Å²) in [6.07, 6.45) is 7.45. The van der Waals surface area contributed by atoms with Crippen LogP contribution in [0.4, 0.5) is 0 Å². The van der Waals surface area contributed by atoms with Gasteiger partial charge in [0.25, 0.3) is 5.91 Å². The second-order valence-corrected chi connectivity index (χ2v) is 9.19. The zero-order valence-corrected chi connectivity index (χ0v) is 23.0. The van der Waals surface area contributed by atoms with Crippen LogP contribution in [0, 0.1) is 0 Å². The number of unbranched alkanes of at least 4 members (excludes halogenated alkanes) is 1. The van der Waals surface area contributed by atoms with Gasteiger partial charge in [0.15, 0.2) is 11.5 Å². The highest BCUT2D eigenvalue weighted by Crippen LogP contribution is 2.29. The highest BCUT2D eigenvalue weighted by Gasteiger charge is 2.13. The Morgan fingerprint density at radius 1 is 0.923 bits per heavy atom. The number of aryl methyl sites for hydroxylation is 2. The molecule has 0 atom stereocenters. The number of aromatic nitrogens is 2. The lowest BCUT2D eigenvalue weighted by Gasteiger charge is -2.13. The number of carbonyl (C=O) groups excluding carboxylic acids is 1. The summed E-state index contributed by atoms with van der Waals surface area (Å²) in [5.41, 5.74) is 3.75. The molecule has 4 rings (SSSR count). The zero-order valence-electron chi connectivity index (χ0n) is 23.0. The number of fused-ring (bicyclic) bond motifs is 1. The molecule has 39 heavy (non-hydrogen) atoms. The van der Waals surface area contributed by atoms with Crippen LogP contribution in [0.3, 0.4) is 0 Å². The van der Waals surface area contributed by atoms with E-state index in [4.69, 9.17) is 19.2 Å². The first-order chi connectivity index (χ1) is 19.1. The number of carbonyl (C=O) groups is 1. The Kier molecular flexibility index (Phi) is 10.0. The lowest BCUT2D eigenvalue weighted by atomic mass is 10.2. The Balaban J connectivity index is 1.30. The number of hydrogen-bond donors (Lipinski definition) is 1.